The van der Waals surface area contributed by atoms with Gasteiger partial charge in [0.15, 0.2) is 17.2 Å². The monoisotopic (exact) mass is 511 g/mol. The minimum Gasteiger partial charge on any atom is -0.454 e. The lowest BCUT2D eigenvalue weighted by Crippen LogP contribution is -2.48. The summed E-state index contributed by atoms with van der Waals surface area (Å²) in [5, 5.41) is 0. The van der Waals surface area contributed by atoms with Crippen molar-refractivity contribution >= 4 is 16.0 Å². The van der Waals surface area contributed by atoms with E-state index in [-0.39, 0.29) is 24.3 Å². The molecular weight excluding hydrogens is 486 g/mol. The first kappa shape index (κ1) is 23.9. The van der Waals surface area contributed by atoms with Crippen molar-refractivity contribution in [3.63, 3.8) is 0 Å². The third-order valence-corrected chi connectivity index (χ3v) is 6.28. The SMILES string of the molecule is CS(=O)(=O)Oc1ccc(Oc2ccc(C(=O)N3CCN(Cc4ccc5c(c4)OCO5)CC3)cc2)nc1. The molecule has 188 valence electrons. The van der Waals surface area contributed by atoms with Gasteiger partial charge in [-0.15, -0.1) is 0 Å². The number of aromatic nitrogens is 1. The summed E-state index contributed by atoms with van der Waals surface area (Å²) in [7, 11) is -3.62. The topological polar surface area (TPSA) is 108 Å². The summed E-state index contributed by atoms with van der Waals surface area (Å²) < 4.78 is 43.6. The number of pyridine rings is 1. The summed E-state index contributed by atoms with van der Waals surface area (Å²) in [6.45, 7) is 3.92. The van der Waals surface area contributed by atoms with E-state index in [1.54, 1.807) is 24.3 Å². The quantitative estimate of drug-likeness (QED) is 0.443. The molecule has 0 N–H and O–H groups in total. The predicted molar refractivity (Wildman–Crippen MR) is 130 cm³/mol. The molecule has 5 rings (SSSR count). The number of rotatable bonds is 7. The third-order valence-electron chi connectivity index (χ3n) is 5.78. The maximum absolute atomic E-state index is 13.0. The van der Waals surface area contributed by atoms with E-state index in [1.165, 1.54) is 18.3 Å². The van der Waals surface area contributed by atoms with E-state index in [1.807, 2.05) is 23.1 Å². The Morgan fingerprint density at radius 2 is 1.67 bits per heavy atom. The summed E-state index contributed by atoms with van der Waals surface area (Å²) in [5.41, 5.74) is 1.73. The molecule has 1 amide bonds. The van der Waals surface area contributed by atoms with E-state index in [4.69, 9.17) is 18.4 Å². The van der Waals surface area contributed by atoms with Gasteiger partial charge in [-0.05, 0) is 48.0 Å². The maximum Gasteiger partial charge on any atom is 0.306 e. The van der Waals surface area contributed by atoms with Crippen LogP contribution in [0, 0.1) is 0 Å². The predicted octanol–water partition coefficient (Wildman–Crippen LogP) is 2.90. The van der Waals surface area contributed by atoms with Gasteiger partial charge in [0.2, 0.25) is 12.7 Å². The second-order valence-electron chi connectivity index (χ2n) is 8.50. The summed E-state index contributed by atoms with van der Waals surface area (Å²) in [5.74, 6) is 2.41. The molecule has 1 saturated heterocycles. The molecule has 0 spiro atoms. The number of carbonyl (C=O) groups excluding carboxylic acids is 1. The number of ether oxygens (including phenoxy) is 3. The van der Waals surface area contributed by atoms with Crippen molar-refractivity contribution in [3.8, 4) is 28.9 Å². The van der Waals surface area contributed by atoms with Crippen LogP contribution in [-0.2, 0) is 16.7 Å². The molecule has 1 aromatic heterocycles. The van der Waals surface area contributed by atoms with Crippen molar-refractivity contribution < 1.29 is 31.6 Å². The second kappa shape index (κ2) is 10.0. The summed E-state index contributed by atoms with van der Waals surface area (Å²) in [4.78, 5) is 21.2. The lowest BCUT2D eigenvalue weighted by atomic mass is 10.1. The number of fused-ring (bicyclic) bond motifs is 1. The van der Waals surface area contributed by atoms with E-state index in [0.717, 1.165) is 43.0 Å². The molecule has 2 aromatic carbocycles. The Kier molecular flexibility index (Phi) is 6.66. The van der Waals surface area contributed by atoms with Crippen LogP contribution >= 0.6 is 0 Å². The maximum atomic E-state index is 13.0. The van der Waals surface area contributed by atoms with E-state index in [0.29, 0.717) is 24.4 Å². The summed E-state index contributed by atoms with van der Waals surface area (Å²) >= 11 is 0. The largest absolute Gasteiger partial charge is 0.454 e. The fraction of sp³-hybridized carbons (Fsp3) is 0.280. The third kappa shape index (κ3) is 5.86. The van der Waals surface area contributed by atoms with Gasteiger partial charge in [-0.25, -0.2) is 4.98 Å². The van der Waals surface area contributed by atoms with Crippen molar-refractivity contribution in [2.45, 2.75) is 6.54 Å². The van der Waals surface area contributed by atoms with Gasteiger partial charge in [-0.1, -0.05) is 6.07 Å². The van der Waals surface area contributed by atoms with Gasteiger partial charge in [-0.2, -0.15) is 8.42 Å². The van der Waals surface area contributed by atoms with Crippen LogP contribution in [0.2, 0.25) is 0 Å². The van der Waals surface area contributed by atoms with Gasteiger partial charge < -0.3 is 23.3 Å². The lowest BCUT2D eigenvalue weighted by Gasteiger charge is -2.34. The molecule has 36 heavy (non-hydrogen) atoms. The molecule has 0 saturated carbocycles. The highest BCUT2D eigenvalue weighted by atomic mass is 32.2. The smallest absolute Gasteiger partial charge is 0.306 e. The lowest BCUT2D eigenvalue weighted by molar-refractivity contribution is 0.0628. The molecule has 3 heterocycles. The van der Waals surface area contributed by atoms with E-state index >= 15 is 0 Å². The van der Waals surface area contributed by atoms with Crippen LogP contribution in [-0.4, -0.2) is 68.3 Å². The van der Waals surface area contributed by atoms with Crippen LogP contribution in [0.4, 0.5) is 0 Å². The summed E-state index contributed by atoms with van der Waals surface area (Å²) in [6.07, 6.45) is 2.22. The first-order valence-corrected chi connectivity index (χ1v) is 13.2. The molecule has 11 heteroatoms. The molecule has 0 aliphatic carbocycles. The summed E-state index contributed by atoms with van der Waals surface area (Å²) in [6, 6.07) is 15.8. The average molecular weight is 512 g/mol. The van der Waals surface area contributed by atoms with Crippen molar-refractivity contribution in [3.05, 3.63) is 71.9 Å². The van der Waals surface area contributed by atoms with Crippen molar-refractivity contribution in [1.82, 2.24) is 14.8 Å². The number of nitrogens with zero attached hydrogens (tertiary/aromatic N) is 3. The fourth-order valence-corrected chi connectivity index (χ4v) is 4.47. The molecule has 1 fully saturated rings. The van der Waals surface area contributed by atoms with Gasteiger partial charge >= 0.3 is 10.1 Å². The first-order chi connectivity index (χ1) is 17.3. The Morgan fingerprint density at radius 1 is 0.944 bits per heavy atom. The van der Waals surface area contributed by atoms with Crippen LogP contribution in [0.25, 0.3) is 0 Å². The number of piperazine rings is 1. The number of carbonyl (C=O) groups is 1. The molecule has 0 radical (unpaired) electrons. The molecule has 0 bridgehead atoms. The fourth-order valence-electron chi connectivity index (χ4n) is 4.03. The zero-order valence-electron chi connectivity index (χ0n) is 19.6. The van der Waals surface area contributed by atoms with Crippen LogP contribution in [0.1, 0.15) is 15.9 Å². The minimum atomic E-state index is -3.62. The number of amides is 1. The highest BCUT2D eigenvalue weighted by Crippen LogP contribution is 2.33. The van der Waals surface area contributed by atoms with Crippen molar-refractivity contribution in [2.24, 2.45) is 0 Å². The Bertz CT molecular complexity index is 1340. The van der Waals surface area contributed by atoms with E-state index in [2.05, 4.69) is 9.88 Å². The Labute approximate surface area is 209 Å². The van der Waals surface area contributed by atoms with E-state index in [9.17, 15) is 13.2 Å². The normalized spacial score (nSPS) is 15.5. The van der Waals surface area contributed by atoms with Gasteiger partial charge in [0.05, 0.1) is 12.5 Å². The van der Waals surface area contributed by atoms with Gasteiger partial charge in [0.1, 0.15) is 5.75 Å². The standard InChI is InChI=1S/C25H25N3O7S/c1-36(30,31)35-21-7-9-24(26-15-21)34-20-5-3-19(4-6-20)25(29)28-12-10-27(11-13-28)16-18-2-8-22-23(14-18)33-17-32-22/h2-9,14-15H,10-13,16-17H2,1H3. The van der Waals surface area contributed by atoms with Crippen molar-refractivity contribution in [1.29, 1.82) is 0 Å². The number of benzene rings is 2. The highest BCUT2D eigenvalue weighted by molar-refractivity contribution is 7.86. The first-order valence-electron chi connectivity index (χ1n) is 11.4. The molecule has 0 atom stereocenters. The Morgan fingerprint density at radius 3 is 2.36 bits per heavy atom. The van der Waals surface area contributed by atoms with Gasteiger partial charge in [0.25, 0.3) is 5.91 Å². The Hall–Kier alpha value is -3.83. The molecular formula is C25H25N3O7S. The van der Waals surface area contributed by atoms with E-state index < -0.39 is 10.1 Å². The number of hydrogen-bond acceptors (Lipinski definition) is 9. The Balaban J connectivity index is 1.12. The van der Waals surface area contributed by atoms with Crippen LogP contribution in [0.5, 0.6) is 28.9 Å². The molecule has 2 aliphatic rings. The minimum absolute atomic E-state index is 0.0234. The van der Waals surface area contributed by atoms with Crippen molar-refractivity contribution in [2.75, 3.05) is 39.2 Å². The van der Waals surface area contributed by atoms with Crippen LogP contribution in [0.15, 0.2) is 60.8 Å². The van der Waals surface area contributed by atoms with Gasteiger partial charge in [-0.3, -0.25) is 9.69 Å². The average Bonchev–Trinajstić information content (AvgIpc) is 3.33. The van der Waals surface area contributed by atoms with Gasteiger partial charge in [0, 0.05) is 44.4 Å². The molecule has 2 aliphatic heterocycles. The zero-order chi connectivity index (χ0) is 25.1. The number of hydrogen-bond donors (Lipinski definition) is 0. The van der Waals surface area contributed by atoms with Crippen LogP contribution in [0.3, 0.4) is 0 Å². The highest BCUT2D eigenvalue weighted by Gasteiger charge is 2.23. The molecule has 0 unspecified atom stereocenters. The molecule has 10 nitrogen and oxygen atoms in total. The van der Waals surface area contributed by atoms with Crippen LogP contribution < -0.4 is 18.4 Å². The molecule has 3 aromatic rings. The second-order valence-corrected chi connectivity index (χ2v) is 10.1. The zero-order valence-corrected chi connectivity index (χ0v) is 20.4.